The van der Waals surface area contributed by atoms with Crippen LogP contribution >= 0.6 is 11.8 Å². The molecule has 0 amide bonds. The smallest absolute Gasteiger partial charge is 0.323 e. The molecule has 1 atom stereocenters. The topological polar surface area (TPSA) is 38.3 Å². The van der Waals surface area contributed by atoms with Gasteiger partial charge in [-0.3, -0.25) is 4.79 Å². The van der Waals surface area contributed by atoms with Crippen molar-refractivity contribution >= 4 is 17.7 Å². The molecule has 0 spiro atoms. The van der Waals surface area contributed by atoms with E-state index in [2.05, 4.69) is 11.6 Å². The molecule has 0 aromatic heterocycles. The lowest BCUT2D eigenvalue weighted by Crippen LogP contribution is -2.46. The standard InChI is InChI=1S/C15H29NO2S/c1-12(13(17)18-14(2,3)4)16-11-15(19-5)9-7-6-8-10-15/h12,16H,6-11H2,1-5H3. The van der Waals surface area contributed by atoms with Crippen LogP contribution in [0.15, 0.2) is 0 Å². The highest BCUT2D eigenvalue weighted by atomic mass is 32.2. The second kappa shape index (κ2) is 6.98. The average molecular weight is 287 g/mol. The summed E-state index contributed by atoms with van der Waals surface area (Å²) in [5.41, 5.74) is -0.408. The molecule has 4 heteroatoms. The first-order chi connectivity index (χ1) is 8.78. The fourth-order valence-corrected chi connectivity index (χ4v) is 3.39. The zero-order valence-corrected chi connectivity index (χ0v) is 13.9. The van der Waals surface area contributed by atoms with Crippen LogP contribution in [0.1, 0.15) is 59.8 Å². The predicted molar refractivity (Wildman–Crippen MR) is 82.6 cm³/mol. The molecule has 1 aliphatic carbocycles. The van der Waals surface area contributed by atoms with E-state index in [0.29, 0.717) is 4.75 Å². The molecule has 1 aliphatic rings. The van der Waals surface area contributed by atoms with Gasteiger partial charge in [-0.15, -0.1) is 0 Å². The summed E-state index contributed by atoms with van der Waals surface area (Å²) >= 11 is 1.95. The number of carbonyl (C=O) groups is 1. The Balaban J connectivity index is 2.43. The van der Waals surface area contributed by atoms with Gasteiger partial charge in [0.05, 0.1) is 0 Å². The summed E-state index contributed by atoms with van der Waals surface area (Å²) in [6.45, 7) is 8.51. The van der Waals surface area contributed by atoms with E-state index < -0.39 is 5.60 Å². The molecule has 0 saturated heterocycles. The second-order valence-corrected chi connectivity index (χ2v) is 7.86. The third kappa shape index (κ3) is 5.74. The molecule has 3 nitrogen and oxygen atoms in total. The first-order valence-corrected chi connectivity index (χ1v) is 8.52. The van der Waals surface area contributed by atoms with Gasteiger partial charge in [0.15, 0.2) is 0 Å². The second-order valence-electron chi connectivity index (χ2n) is 6.58. The third-order valence-electron chi connectivity index (χ3n) is 3.69. The maximum absolute atomic E-state index is 11.9. The first-order valence-electron chi connectivity index (χ1n) is 7.29. The van der Waals surface area contributed by atoms with Crippen molar-refractivity contribution < 1.29 is 9.53 Å². The molecule has 0 aliphatic heterocycles. The van der Waals surface area contributed by atoms with Crippen molar-refractivity contribution in [2.75, 3.05) is 12.8 Å². The summed E-state index contributed by atoms with van der Waals surface area (Å²) in [5.74, 6) is -0.153. The molecule has 112 valence electrons. The molecule has 1 N–H and O–H groups in total. The van der Waals surface area contributed by atoms with Crippen LogP contribution in [0.4, 0.5) is 0 Å². The summed E-state index contributed by atoms with van der Waals surface area (Å²) in [7, 11) is 0. The SMILES string of the molecule is CSC1(CNC(C)C(=O)OC(C)(C)C)CCCCC1. The molecule has 0 heterocycles. The van der Waals surface area contributed by atoms with E-state index >= 15 is 0 Å². The van der Waals surface area contributed by atoms with Crippen LogP contribution in [-0.2, 0) is 9.53 Å². The maximum atomic E-state index is 11.9. The van der Waals surface area contributed by atoms with Crippen molar-refractivity contribution in [3.8, 4) is 0 Å². The highest BCUT2D eigenvalue weighted by Crippen LogP contribution is 2.38. The molecular formula is C15H29NO2S. The molecule has 0 radical (unpaired) electrons. The Morgan fingerprint density at radius 2 is 1.89 bits per heavy atom. The first kappa shape index (κ1) is 16.8. The van der Waals surface area contributed by atoms with E-state index in [1.165, 1.54) is 32.1 Å². The fourth-order valence-electron chi connectivity index (χ4n) is 2.46. The van der Waals surface area contributed by atoms with Crippen LogP contribution in [0.3, 0.4) is 0 Å². The van der Waals surface area contributed by atoms with Gasteiger partial charge < -0.3 is 10.1 Å². The Kier molecular flexibility index (Phi) is 6.18. The highest BCUT2D eigenvalue weighted by Gasteiger charge is 2.32. The molecule has 1 rings (SSSR count). The van der Waals surface area contributed by atoms with E-state index in [1.807, 2.05) is 39.5 Å². The fraction of sp³-hybridized carbons (Fsp3) is 0.933. The van der Waals surface area contributed by atoms with Crippen LogP contribution in [0.2, 0.25) is 0 Å². The molecule has 1 saturated carbocycles. The van der Waals surface area contributed by atoms with Crippen LogP contribution in [0.5, 0.6) is 0 Å². The molecular weight excluding hydrogens is 258 g/mol. The van der Waals surface area contributed by atoms with Gasteiger partial charge in [-0.1, -0.05) is 19.3 Å². The van der Waals surface area contributed by atoms with Gasteiger partial charge in [-0.25, -0.2) is 0 Å². The van der Waals surface area contributed by atoms with Crippen molar-refractivity contribution in [1.29, 1.82) is 0 Å². The summed E-state index contributed by atoms with van der Waals surface area (Å²) in [4.78, 5) is 11.9. The van der Waals surface area contributed by atoms with Gasteiger partial charge in [0, 0.05) is 11.3 Å². The van der Waals surface area contributed by atoms with E-state index in [9.17, 15) is 4.79 Å². The van der Waals surface area contributed by atoms with Crippen molar-refractivity contribution in [3.05, 3.63) is 0 Å². The van der Waals surface area contributed by atoms with Crippen LogP contribution in [0, 0.1) is 0 Å². The monoisotopic (exact) mass is 287 g/mol. The van der Waals surface area contributed by atoms with E-state index in [1.54, 1.807) is 0 Å². The Bertz CT molecular complexity index is 293. The number of hydrogen-bond donors (Lipinski definition) is 1. The van der Waals surface area contributed by atoms with Crippen molar-refractivity contribution in [2.24, 2.45) is 0 Å². The Labute approximate surface area is 122 Å². The number of rotatable bonds is 5. The lowest BCUT2D eigenvalue weighted by Gasteiger charge is -2.36. The molecule has 19 heavy (non-hydrogen) atoms. The minimum atomic E-state index is -0.408. The van der Waals surface area contributed by atoms with E-state index in [-0.39, 0.29) is 12.0 Å². The number of thioether (sulfide) groups is 1. The van der Waals surface area contributed by atoms with Crippen LogP contribution < -0.4 is 5.32 Å². The lowest BCUT2D eigenvalue weighted by atomic mass is 9.88. The Morgan fingerprint density at radius 3 is 2.37 bits per heavy atom. The van der Waals surface area contributed by atoms with Crippen molar-refractivity contribution in [2.45, 2.75) is 76.2 Å². The Morgan fingerprint density at radius 1 is 1.32 bits per heavy atom. The number of esters is 1. The number of nitrogens with one attached hydrogen (secondary N) is 1. The van der Waals surface area contributed by atoms with Crippen molar-refractivity contribution in [1.82, 2.24) is 5.32 Å². The van der Waals surface area contributed by atoms with E-state index in [4.69, 9.17) is 4.74 Å². The van der Waals surface area contributed by atoms with Gasteiger partial charge in [0.2, 0.25) is 0 Å². The number of carbonyl (C=O) groups excluding carboxylic acids is 1. The summed E-state index contributed by atoms with van der Waals surface area (Å²) in [5, 5.41) is 3.37. The summed E-state index contributed by atoms with van der Waals surface area (Å²) < 4.78 is 5.71. The highest BCUT2D eigenvalue weighted by molar-refractivity contribution is 8.00. The van der Waals surface area contributed by atoms with Crippen LogP contribution in [-0.4, -0.2) is 35.2 Å². The largest absolute Gasteiger partial charge is 0.459 e. The van der Waals surface area contributed by atoms with Gasteiger partial charge in [-0.2, -0.15) is 11.8 Å². The third-order valence-corrected chi connectivity index (χ3v) is 5.11. The summed E-state index contributed by atoms with van der Waals surface area (Å²) in [6, 6.07) is -0.231. The molecule has 1 unspecified atom stereocenters. The average Bonchev–Trinajstić information content (AvgIpc) is 2.35. The predicted octanol–water partition coefficient (Wildman–Crippen LogP) is 3.37. The minimum Gasteiger partial charge on any atom is -0.459 e. The molecule has 0 aromatic rings. The number of hydrogen-bond acceptors (Lipinski definition) is 4. The quantitative estimate of drug-likeness (QED) is 0.787. The normalized spacial score (nSPS) is 20.9. The molecule has 0 bridgehead atoms. The summed E-state index contributed by atoms with van der Waals surface area (Å²) in [6.07, 6.45) is 8.66. The Hall–Kier alpha value is -0.220. The van der Waals surface area contributed by atoms with Gasteiger partial charge in [-0.05, 0) is 46.8 Å². The zero-order valence-electron chi connectivity index (χ0n) is 13.0. The maximum Gasteiger partial charge on any atom is 0.323 e. The molecule has 0 aromatic carbocycles. The van der Waals surface area contributed by atoms with Gasteiger partial charge in [0.25, 0.3) is 0 Å². The minimum absolute atomic E-state index is 0.153. The molecule has 1 fully saturated rings. The van der Waals surface area contributed by atoms with E-state index in [0.717, 1.165) is 6.54 Å². The van der Waals surface area contributed by atoms with Crippen molar-refractivity contribution in [3.63, 3.8) is 0 Å². The number of ether oxygens (including phenoxy) is 1. The van der Waals surface area contributed by atoms with Gasteiger partial charge in [0.1, 0.15) is 11.6 Å². The lowest BCUT2D eigenvalue weighted by molar-refractivity contribution is -0.157. The zero-order chi connectivity index (χ0) is 14.5. The van der Waals surface area contributed by atoms with Crippen LogP contribution in [0.25, 0.3) is 0 Å². The van der Waals surface area contributed by atoms with Gasteiger partial charge >= 0.3 is 5.97 Å².